The molecule has 0 radical (unpaired) electrons. The lowest BCUT2D eigenvalue weighted by Crippen LogP contribution is -2.58. The third-order valence-corrected chi connectivity index (χ3v) is 6.67. The first-order valence-corrected chi connectivity index (χ1v) is 14.0. The summed E-state index contributed by atoms with van der Waals surface area (Å²) in [5, 5.41) is 26.7. The van der Waals surface area contributed by atoms with Gasteiger partial charge in [-0.1, -0.05) is 32.0 Å². The Hall–Kier alpha value is -3.58. The number of benzene rings is 1. The van der Waals surface area contributed by atoms with Crippen LogP contribution in [0, 0.1) is 5.92 Å². The number of para-hydroxylation sites is 1. The molecule has 8 N–H and O–H groups in total. The van der Waals surface area contributed by atoms with E-state index in [1.807, 2.05) is 38.1 Å². The van der Waals surface area contributed by atoms with E-state index in [9.17, 15) is 29.1 Å². The SMILES string of the molecule is CSCCC(NC(=O)C(Cc1c[nH]c2ccccc12)NC(=O)C(N)CC(C)C)C(=O)NC(CC(=O)O)C(=O)O. The van der Waals surface area contributed by atoms with Crippen molar-refractivity contribution in [1.29, 1.82) is 0 Å². The summed E-state index contributed by atoms with van der Waals surface area (Å²) in [6.45, 7) is 3.85. The molecule has 0 fully saturated rings. The largest absolute Gasteiger partial charge is 0.481 e. The maximum Gasteiger partial charge on any atom is 0.326 e. The van der Waals surface area contributed by atoms with Crippen LogP contribution in [0.1, 0.15) is 38.7 Å². The number of aromatic nitrogens is 1. The summed E-state index contributed by atoms with van der Waals surface area (Å²) in [7, 11) is 0. The first kappa shape index (κ1) is 31.6. The predicted molar refractivity (Wildman–Crippen MR) is 148 cm³/mol. The lowest BCUT2D eigenvalue weighted by Gasteiger charge is -2.25. The molecule has 0 bridgehead atoms. The summed E-state index contributed by atoms with van der Waals surface area (Å²) in [6, 6.07) is 2.72. The van der Waals surface area contributed by atoms with E-state index < -0.39 is 60.2 Å². The van der Waals surface area contributed by atoms with Crippen molar-refractivity contribution in [3.63, 3.8) is 0 Å². The number of aromatic amines is 1. The molecule has 0 spiro atoms. The summed E-state index contributed by atoms with van der Waals surface area (Å²) in [4.78, 5) is 64.9. The average Bonchev–Trinajstić information content (AvgIpc) is 3.27. The molecule has 0 saturated heterocycles. The van der Waals surface area contributed by atoms with Gasteiger partial charge < -0.3 is 36.9 Å². The Bertz CT molecular complexity index is 1170. The number of carbonyl (C=O) groups excluding carboxylic acids is 3. The number of hydrogen-bond acceptors (Lipinski definition) is 7. The number of carboxylic acid groups (broad SMARTS) is 2. The van der Waals surface area contributed by atoms with Crippen LogP contribution in [0.3, 0.4) is 0 Å². The zero-order valence-corrected chi connectivity index (χ0v) is 23.0. The number of aliphatic carboxylic acids is 2. The van der Waals surface area contributed by atoms with Crippen molar-refractivity contribution in [2.24, 2.45) is 11.7 Å². The fourth-order valence-electron chi connectivity index (χ4n) is 4.05. The third-order valence-electron chi connectivity index (χ3n) is 6.03. The minimum atomic E-state index is -1.67. The Labute approximate surface area is 230 Å². The zero-order valence-electron chi connectivity index (χ0n) is 22.2. The maximum atomic E-state index is 13.5. The number of rotatable bonds is 16. The van der Waals surface area contributed by atoms with Gasteiger partial charge in [0.05, 0.1) is 12.5 Å². The van der Waals surface area contributed by atoms with E-state index in [-0.39, 0.29) is 18.8 Å². The van der Waals surface area contributed by atoms with Crippen molar-refractivity contribution in [3.8, 4) is 0 Å². The second-order valence-corrected chi connectivity index (χ2v) is 10.7. The van der Waals surface area contributed by atoms with Gasteiger partial charge in [-0.05, 0) is 42.4 Å². The molecule has 1 aromatic heterocycles. The molecular weight excluding hydrogens is 526 g/mol. The molecule has 4 unspecified atom stereocenters. The van der Waals surface area contributed by atoms with E-state index in [2.05, 4.69) is 20.9 Å². The van der Waals surface area contributed by atoms with Crippen molar-refractivity contribution in [2.75, 3.05) is 12.0 Å². The lowest BCUT2D eigenvalue weighted by molar-refractivity contribution is -0.147. The van der Waals surface area contributed by atoms with Gasteiger partial charge in [-0.25, -0.2) is 4.79 Å². The Morgan fingerprint density at radius 3 is 2.18 bits per heavy atom. The van der Waals surface area contributed by atoms with E-state index in [0.29, 0.717) is 12.2 Å². The fraction of sp³-hybridized carbons (Fsp3) is 0.500. The highest BCUT2D eigenvalue weighted by Crippen LogP contribution is 2.19. The van der Waals surface area contributed by atoms with Crippen LogP contribution in [-0.4, -0.2) is 81.0 Å². The van der Waals surface area contributed by atoms with Crippen LogP contribution >= 0.6 is 11.8 Å². The Kier molecular flexibility index (Phi) is 12.3. The standard InChI is InChI=1S/C26H37N5O7S/c1-14(2)10-17(27)23(34)30-20(11-15-13-28-18-7-5-4-6-16(15)18)25(36)29-19(8-9-39-3)24(35)31-21(26(37)38)12-22(32)33/h4-7,13-14,17,19-21,28H,8-12,27H2,1-3H3,(H,29,36)(H,30,34)(H,31,35)(H,32,33)(H,37,38). The van der Waals surface area contributed by atoms with Crippen LogP contribution in [0.5, 0.6) is 0 Å². The van der Waals surface area contributed by atoms with Gasteiger partial charge in [0.25, 0.3) is 0 Å². The number of amides is 3. The van der Waals surface area contributed by atoms with Crippen molar-refractivity contribution in [2.45, 2.75) is 63.7 Å². The fourth-order valence-corrected chi connectivity index (χ4v) is 4.52. The normalized spacial score (nSPS) is 14.3. The highest BCUT2D eigenvalue weighted by atomic mass is 32.2. The molecule has 2 aromatic rings. The van der Waals surface area contributed by atoms with Gasteiger partial charge in [-0.15, -0.1) is 0 Å². The number of carboxylic acids is 2. The Balaban J connectivity index is 2.29. The smallest absolute Gasteiger partial charge is 0.326 e. The number of fused-ring (bicyclic) bond motifs is 1. The van der Waals surface area contributed by atoms with Gasteiger partial charge in [0.1, 0.15) is 18.1 Å². The maximum absolute atomic E-state index is 13.5. The summed E-state index contributed by atoms with van der Waals surface area (Å²) in [5.41, 5.74) is 7.66. The Morgan fingerprint density at radius 2 is 1.56 bits per heavy atom. The summed E-state index contributed by atoms with van der Waals surface area (Å²) >= 11 is 1.41. The molecule has 0 saturated carbocycles. The topological polar surface area (TPSA) is 204 Å². The van der Waals surface area contributed by atoms with Gasteiger partial charge in [-0.3, -0.25) is 19.2 Å². The number of nitrogens with two attached hydrogens (primary N) is 1. The molecule has 3 amide bonds. The van der Waals surface area contributed by atoms with E-state index in [1.54, 1.807) is 12.5 Å². The second-order valence-electron chi connectivity index (χ2n) is 9.70. The molecule has 0 aliphatic carbocycles. The van der Waals surface area contributed by atoms with Gasteiger partial charge >= 0.3 is 11.9 Å². The van der Waals surface area contributed by atoms with Gasteiger partial charge in [0.15, 0.2) is 0 Å². The van der Waals surface area contributed by atoms with Crippen LogP contribution in [0.15, 0.2) is 30.5 Å². The minimum Gasteiger partial charge on any atom is -0.481 e. The van der Waals surface area contributed by atoms with Crippen molar-refractivity contribution in [1.82, 2.24) is 20.9 Å². The lowest BCUT2D eigenvalue weighted by atomic mass is 10.0. The molecular formula is C26H37N5O7S. The van der Waals surface area contributed by atoms with Crippen LogP contribution in [-0.2, 0) is 30.4 Å². The molecule has 4 atom stereocenters. The molecule has 1 aromatic carbocycles. The molecule has 0 aliphatic heterocycles. The van der Waals surface area contributed by atoms with Crippen LogP contribution in [0.25, 0.3) is 10.9 Å². The van der Waals surface area contributed by atoms with E-state index in [1.165, 1.54) is 11.8 Å². The number of thioether (sulfide) groups is 1. The van der Waals surface area contributed by atoms with E-state index in [0.717, 1.165) is 16.5 Å². The van der Waals surface area contributed by atoms with Crippen LogP contribution in [0.2, 0.25) is 0 Å². The average molecular weight is 564 g/mol. The molecule has 39 heavy (non-hydrogen) atoms. The number of H-pyrrole nitrogens is 1. The van der Waals surface area contributed by atoms with Crippen molar-refractivity contribution >= 4 is 52.3 Å². The molecule has 13 heteroatoms. The highest BCUT2D eigenvalue weighted by Gasteiger charge is 2.31. The van der Waals surface area contributed by atoms with E-state index >= 15 is 0 Å². The first-order valence-electron chi connectivity index (χ1n) is 12.6. The van der Waals surface area contributed by atoms with Crippen molar-refractivity contribution in [3.05, 3.63) is 36.0 Å². The van der Waals surface area contributed by atoms with Crippen molar-refractivity contribution < 1.29 is 34.2 Å². The van der Waals surface area contributed by atoms with Gasteiger partial charge in [0, 0.05) is 23.5 Å². The van der Waals surface area contributed by atoms with Crippen LogP contribution in [0.4, 0.5) is 0 Å². The third kappa shape index (κ3) is 9.91. The zero-order chi connectivity index (χ0) is 29.1. The quantitative estimate of drug-likeness (QED) is 0.154. The molecule has 0 aliphatic rings. The molecule has 1 heterocycles. The first-order chi connectivity index (χ1) is 18.4. The Morgan fingerprint density at radius 1 is 0.949 bits per heavy atom. The van der Waals surface area contributed by atoms with E-state index in [4.69, 9.17) is 10.8 Å². The van der Waals surface area contributed by atoms with Gasteiger partial charge in [0.2, 0.25) is 17.7 Å². The summed E-state index contributed by atoms with van der Waals surface area (Å²) < 4.78 is 0. The number of hydrogen-bond donors (Lipinski definition) is 7. The highest BCUT2D eigenvalue weighted by molar-refractivity contribution is 7.98. The van der Waals surface area contributed by atoms with Gasteiger partial charge in [-0.2, -0.15) is 11.8 Å². The second kappa shape index (κ2) is 15.1. The number of nitrogens with one attached hydrogen (secondary N) is 4. The number of carbonyl (C=O) groups is 5. The molecule has 2 rings (SSSR count). The molecule has 12 nitrogen and oxygen atoms in total. The monoisotopic (exact) mass is 563 g/mol. The van der Waals surface area contributed by atoms with Crippen LogP contribution < -0.4 is 21.7 Å². The minimum absolute atomic E-state index is 0.101. The summed E-state index contributed by atoms with van der Waals surface area (Å²) in [5.74, 6) is -4.30. The summed E-state index contributed by atoms with van der Waals surface area (Å²) in [6.07, 6.45) is 3.38. The predicted octanol–water partition coefficient (Wildman–Crippen LogP) is 0.851. The molecule has 214 valence electrons.